The molecule has 3 nitrogen and oxygen atoms in total. The summed E-state index contributed by atoms with van der Waals surface area (Å²) in [5.41, 5.74) is 4.24. The van der Waals surface area contributed by atoms with Crippen LogP contribution in [0.3, 0.4) is 0 Å². The normalized spacial score (nSPS) is 19.8. The smallest absolute Gasteiger partial charge is 0.177 e. The van der Waals surface area contributed by atoms with Crippen LogP contribution in [0.5, 0.6) is 0 Å². The molecule has 114 valence electrons. The molecule has 1 aromatic rings. The van der Waals surface area contributed by atoms with Gasteiger partial charge in [0.05, 0.1) is 6.54 Å². The third-order valence-electron chi connectivity index (χ3n) is 4.61. The number of hydrogen-bond acceptors (Lipinski definition) is 3. The first-order chi connectivity index (χ1) is 9.92. The topological polar surface area (TPSA) is 37.4 Å². The van der Waals surface area contributed by atoms with E-state index in [1.807, 2.05) is 26.8 Å². The summed E-state index contributed by atoms with van der Waals surface area (Å²) in [4.78, 5) is 26.4. The van der Waals surface area contributed by atoms with Crippen LogP contribution in [0.25, 0.3) is 0 Å². The van der Waals surface area contributed by atoms with Crippen molar-refractivity contribution in [2.24, 2.45) is 5.92 Å². The van der Waals surface area contributed by atoms with Crippen LogP contribution in [0.2, 0.25) is 0 Å². The molecule has 0 N–H and O–H groups in total. The van der Waals surface area contributed by atoms with E-state index in [1.54, 1.807) is 0 Å². The standard InChI is InChI=1S/C18H25NO2/c1-5-15-10-19(7-6-17(15)20)11-18(21)16-9-13(3)12(2)8-14(16)4/h8-9,15H,5-7,10-11H2,1-4H3. The third-order valence-corrected chi connectivity index (χ3v) is 4.61. The van der Waals surface area contributed by atoms with E-state index in [9.17, 15) is 9.59 Å². The van der Waals surface area contributed by atoms with Gasteiger partial charge in [0, 0.05) is 31.0 Å². The second-order valence-corrected chi connectivity index (χ2v) is 6.23. The lowest BCUT2D eigenvalue weighted by Gasteiger charge is -2.30. The first kappa shape index (κ1) is 15.9. The van der Waals surface area contributed by atoms with Crippen LogP contribution in [-0.4, -0.2) is 36.1 Å². The predicted octanol–water partition coefficient (Wildman–Crippen LogP) is 3.10. The van der Waals surface area contributed by atoms with Crippen LogP contribution < -0.4 is 0 Å². The Labute approximate surface area is 127 Å². The van der Waals surface area contributed by atoms with Crippen LogP contribution in [-0.2, 0) is 4.79 Å². The Bertz CT molecular complexity index is 563. The Morgan fingerprint density at radius 3 is 2.52 bits per heavy atom. The second-order valence-electron chi connectivity index (χ2n) is 6.23. The van der Waals surface area contributed by atoms with Crippen molar-refractivity contribution in [3.8, 4) is 0 Å². The minimum Gasteiger partial charge on any atom is -0.299 e. The van der Waals surface area contributed by atoms with E-state index in [-0.39, 0.29) is 11.7 Å². The summed E-state index contributed by atoms with van der Waals surface area (Å²) < 4.78 is 0. The molecule has 21 heavy (non-hydrogen) atoms. The van der Waals surface area contributed by atoms with Crippen LogP contribution in [0, 0.1) is 26.7 Å². The number of carbonyl (C=O) groups excluding carboxylic acids is 2. The molecule has 3 heteroatoms. The molecule has 1 atom stereocenters. The molecule has 0 aromatic heterocycles. The highest BCUT2D eigenvalue weighted by atomic mass is 16.1. The third kappa shape index (κ3) is 3.59. The highest BCUT2D eigenvalue weighted by molar-refractivity contribution is 5.99. The molecule has 1 aliphatic heterocycles. The maximum atomic E-state index is 12.5. The van der Waals surface area contributed by atoms with Crippen LogP contribution in [0.15, 0.2) is 12.1 Å². The summed E-state index contributed by atoms with van der Waals surface area (Å²) in [6.07, 6.45) is 1.45. The minimum atomic E-state index is 0.104. The Morgan fingerprint density at radius 1 is 1.19 bits per heavy atom. The van der Waals surface area contributed by atoms with Crippen LogP contribution in [0.1, 0.15) is 46.8 Å². The molecule has 0 radical (unpaired) electrons. The quantitative estimate of drug-likeness (QED) is 0.799. The molecule has 0 aliphatic carbocycles. The Kier molecular flexibility index (Phi) is 4.94. The van der Waals surface area contributed by atoms with Crippen molar-refractivity contribution in [3.05, 3.63) is 34.4 Å². The summed E-state index contributed by atoms with van der Waals surface area (Å²) >= 11 is 0. The minimum absolute atomic E-state index is 0.104. The van der Waals surface area contributed by atoms with Gasteiger partial charge in [-0.05, 0) is 49.9 Å². The number of hydrogen-bond donors (Lipinski definition) is 0. The van der Waals surface area contributed by atoms with E-state index in [0.29, 0.717) is 25.3 Å². The lowest BCUT2D eigenvalue weighted by molar-refractivity contribution is -0.126. The van der Waals surface area contributed by atoms with E-state index in [1.165, 1.54) is 5.56 Å². The number of rotatable bonds is 4. The number of likely N-dealkylation sites (tertiary alicyclic amines) is 1. The van der Waals surface area contributed by atoms with Crippen molar-refractivity contribution in [2.45, 2.75) is 40.5 Å². The van der Waals surface area contributed by atoms with E-state index in [2.05, 4.69) is 17.9 Å². The van der Waals surface area contributed by atoms with Crippen molar-refractivity contribution in [1.82, 2.24) is 4.90 Å². The molecule has 0 amide bonds. The van der Waals surface area contributed by atoms with Gasteiger partial charge in [0.1, 0.15) is 5.78 Å². The Balaban J connectivity index is 2.08. The van der Waals surface area contributed by atoms with Gasteiger partial charge in [-0.3, -0.25) is 14.5 Å². The van der Waals surface area contributed by atoms with Gasteiger partial charge in [-0.15, -0.1) is 0 Å². The maximum absolute atomic E-state index is 12.5. The van der Waals surface area contributed by atoms with Gasteiger partial charge in [-0.2, -0.15) is 0 Å². The highest BCUT2D eigenvalue weighted by Crippen LogP contribution is 2.19. The Hall–Kier alpha value is -1.48. The molecule has 1 unspecified atom stereocenters. The maximum Gasteiger partial charge on any atom is 0.177 e. The average Bonchev–Trinajstić information content (AvgIpc) is 2.44. The number of piperidine rings is 1. The van der Waals surface area contributed by atoms with E-state index < -0.39 is 0 Å². The zero-order chi connectivity index (χ0) is 15.6. The molecule has 1 saturated heterocycles. The monoisotopic (exact) mass is 287 g/mol. The number of carbonyl (C=O) groups is 2. The average molecular weight is 287 g/mol. The molecular weight excluding hydrogens is 262 g/mol. The number of nitrogens with zero attached hydrogens (tertiary/aromatic N) is 1. The molecule has 2 rings (SSSR count). The SMILES string of the molecule is CCC1CN(CC(=O)c2cc(C)c(C)cc2C)CCC1=O. The summed E-state index contributed by atoms with van der Waals surface area (Å²) in [6.45, 7) is 10.0. The fourth-order valence-corrected chi connectivity index (χ4v) is 3.03. The fraction of sp³-hybridized carbons (Fsp3) is 0.556. The van der Waals surface area contributed by atoms with Crippen molar-refractivity contribution >= 4 is 11.6 Å². The largest absolute Gasteiger partial charge is 0.299 e. The predicted molar refractivity (Wildman–Crippen MR) is 84.8 cm³/mol. The van der Waals surface area contributed by atoms with Gasteiger partial charge in [0.25, 0.3) is 0 Å². The number of benzene rings is 1. The first-order valence-electron chi connectivity index (χ1n) is 7.78. The lowest BCUT2D eigenvalue weighted by Crippen LogP contribution is -2.43. The Morgan fingerprint density at radius 2 is 1.86 bits per heavy atom. The molecular formula is C18H25NO2. The summed E-state index contributed by atoms with van der Waals surface area (Å²) in [5.74, 6) is 0.621. The van der Waals surface area contributed by atoms with Crippen molar-refractivity contribution < 1.29 is 9.59 Å². The highest BCUT2D eigenvalue weighted by Gasteiger charge is 2.27. The molecule has 1 aliphatic rings. The van der Waals surface area contributed by atoms with Gasteiger partial charge in [-0.25, -0.2) is 0 Å². The summed E-state index contributed by atoms with van der Waals surface area (Å²) in [6, 6.07) is 4.08. The van der Waals surface area contributed by atoms with Crippen LogP contribution in [0.4, 0.5) is 0 Å². The molecule has 1 heterocycles. The molecule has 0 saturated carbocycles. The van der Waals surface area contributed by atoms with Crippen molar-refractivity contribution in [3.63, 3.8) is 0 Å². The molecule has 1 aromatic carbocycles. The molecule has 1 fully saturated rings. The van der Waals surface area contributed by atoms with E-state index >= 15 is 0 Å². The van der Waals surface area contributed by atoms with Gasteiger partial charge in [-0.1, -0.05) is 13.0 Å². The molecule has 0 bridgehead atoms. The molecule has 0 spiro atoms. The number of aryl methyl sites for hydroxylation is 3. The van der Waals surface area contributed by atoms with Gasteiger partial charge >= 0.3 is 0 Å². The van der Waals surface area contributed by atoms with E-state index in [4.69, 9.17) is 0 Å². The summed E-state index contributed by atoms with van der Waals surface area (Å²) in [7, 11) is 0. The second kappa shape index (κ2) is 6.52. The van der Waals surface area contributed by atoms with Gasteiger partial charge in [0.2, 0.25) is 0 Å². The van der Waals surface area contributed by atoms with Crippen LogP contribution >= 0.6 is 0 Å². The number of Topliss-reactive ketones (excluding diaryl/α,β-unsaturated/α-hetero) is 2. The van der Waals surface area contributed by atoms with Crippen molar-refractivity contribution in [1.29, 1.82) is 0 Å². The summed E-state index contributed by atoms with van der Waals surface area (Å²) in [5, 5.41) is 0. The van der Waals surface area contributed by atoms with E-state index in [0.717, 1.165) is 29.7 Å². The zero-order valence-electron chi connectivity index (χ0n) is 13.5. The zero-order valence-corrected chi connectivity index (χ0v) is 13.5. The lowest BCUT2D eigenvalue weighted by atomic mass is 9.93. The first-order valence-corrected chi connectivity index (χ1v) is 7.78. The number of ketones is 2. The van der Waals surface area contributed by atoms with Crippen molar-refractivity contribution in [2.75, 3.05) is 19.6 Å². The fourth-order valence-electron chi connectivity index (χ4n) is 3.03. The van der Waals surface area contributed by atoms with Gasteiger partial charge < -0.3 is 0 Å². The van der Waals surface area contributed by atoms with Gasteiger partial charge in [0.15, 0.2) is 5.78 Å².